The molecule has 5 rings (SSSR count). The summed E-state index contributed by atoms with van der Waals surface area (Å²) in [5.41, 5.74) is 2.47. The molecule has 4 heterocycles. The molecule has 0 spiro atoms. The number of amides is 1. The highest BCUT2D eigenvalue weighted by Crippen LogP contribution is 2.31. The number of hydrogen-bond donors (Lipinski definition) is 1. The van der Waals surface area contributed by atoms with Crippen LogP contribution in [0, 0.1) is 12.8 Å². The van der Waals surface area contributed by atoms with E-state index in [2.05, 4.69) is 41.4 Å². The van der Waals surface area contributed by atoms with Crippen molar-refractivity contribution >= 4 is 17.2 Å². The zero-order chi connectivity index (χ0) is 15.8. The predicted octanol–water partition coefficient (Wildman–Crippen LogP) is 3.55. The Morgan fingerprint density at radius 3 is 2.65 bits per heavy atom. The fourth-order valence-electron chi connectivity index (χ4n) is 3.82. The van der Waals surface area contributed by atoms with E-state index in [1.54, 1.807) is 11.3 Å². The number of hydrogen-bond acceptors (Lipinski definition) is 3. The van der Waals surface area contributed by atoms with Gasteiger partial charge in [0.2, 0.25) is 0 Å². The first-order valence-electron chi connectivity index (χ1n) is 8.40. The molecule has 3 nitrogen and oxygen atoms in total. The first kappa shape index (κ1) is 14.9. The minimum absolute atomic E-state index is 0.0913. The van der Waals surface area contributed by atoms with Crippen molar-refractivity contribution < 1.29 is 4.79 Å². The van der Waals surface area contributed by atoms with Crippen LogP contribution in [-0.2, 0) is 0 Å². The molecule has 3 aliphatic heterocycles. The quantitative estimate of drug-likeness (QED) is 0.935. The summed E-state index contributed by atoms with van der Waals surface area (Å²) in [5, 5.41) is 3.28. The van der Waals surface area contributed by atoms with E-state index in [0.717, 1.165) is 11.4 Å². The molecule has 3 saturated heterocycles. The predicted molar refractivity (Wildman–Crippen MR) is 94.9 cm³/mol. The third-order valence-corrected chi connectivity index (χ3v) is 6.33. The zero-order valence-corrected chi connectivity index (χ0v) is 14.2. The van der Waals surface area contributed by atoms with Crippen LogP contribution in [0.2, 0.25) is 0 Å². The Balaban J connectivity index is 1.48. The first-order chi connectivity index (χ1) is 11.2. The largest absolute Gasteiger partial charge is 0.347 e. The second-order valence-electron chi connectivity index (χ2n) is 6.70. The fourth-order valence-corrected chi connectivity index (χ4v) is 4.82. The Hall–Kier alpha value is -1.65. The molecule has 1 amide bonds. The summed E-state index contributed by atoms with van der Waals surface area (Å²) in [7, 11) is 0. The van der Waals surface area contributed by atoms with Gasteiger partial charge in [0.1, 0.15) is 0 Å². The summed E-state index contributed by atoms with van der Waals surface area (Å²) < 4.78 is 0. The molecule has 0 aliphatic carbocycles. The summed E-state index contributed by atoms with van der Waals surface area (Å²) in [6.45, 7) is 5.54. The SMILES string of the molecule is Cc1ccccc1-c1ccc(C(=O)NC2CN3CCC2CC3)s1. The van der Waals surface area contributed by atoms with Gasteiger partial charge in [-0.1, -0.05) is 24.3 Å². The van der Waals surface area contributed by atoms with E-state index in [1.165, 1.54) is 41.9 Å². The van der Waals surface area contributed by atoms with E-state index in [1.807, 2.05) is 12.1 Å². The van der Waals surface area contributed by atoms with Gasteiger partial charge in [0.15, 0.2) is 0 Å². The molecular weight excluding hydrogens is 304 g/mol. The zero-order valence-electron chi connectivity index (χ0n) is 13.4. The summed E-state index contributed by atoms with van der Waals surface area (Å²) >= 11 is 1.59. The lowest BCUT2D eigenvalue weighted by Gasteiger charge is -2.44. The lowest BCUT2D eigenvalue weighted by molar-refractivity contribution is 0.0622. The fraction of sp³-hybridized carbons (Fsp3) is 0.421. The van der Waals surface area contributed by atoms with Crippen LogP contribution in [0.1, 0.15) is 28.1 Å². The molecule has 120 valence electrons. The number of aryl methyl sites for hydroxylation is 1. The Morgan fingerprint density at radius 1 is 1.17 bits per heavy atom. The molecule has 3 fully saturated rings. The van der Waals surface area contributed by atoms with Crippen LogP contribution in [0.4, 0.5) is 0 Å². The molecule has 2 aromatic rings. The minimum Gasteiger partial charge on any atom is -0.347 e. The van der Waals surface area contributed by atoms with Gasteiger partial charge in [-0.2, -0.15) is 0 Å². The van der Waals surface area contributed by atoms with Gasteiger partial charge in [-0.15, -0.1) is 11.3 Å². The van der Waals surface area contributed by atoms with Crippen molar-refractivity contribution in [1.29, 1.82) is 0 Å². The average molecular weight is 326 g/mol. The van der Waals surface area contributed by atoms with Crippen LogP contribution < -0.4 is 5.32 Å². The lowest BCUT2D eigenvalue weighted by atomic mass is 9.84. The highest BCUT2D eigenvalue weighted by atomic mass is 32.1. The van der Waals surface area contributed by atoms with Gasteiger partial charge in [-0.25, -0.2) is 0 Å². The van der Waals surface area contributed by atoms with Gasteiger partial charge in [-0.05, 0) is 62.0 Å². The van der Waals surface area contributed by atoms with Crippen LogP contribution in [0.15, 0.2) is 36.4 Å². The second-order valence-corrected chi connectivity index (χ2v) is 7.78. The maximum Gasteiger partial charge on any atom is 0.261 e. The van der Waals surface area contributed by atoms with Gasteiger partial charge < -0.3 is 10.2 Å². The van der Waals surface area contributed by atoms with Crippen LogP contribution in [0.25, 0.3) is 10.4 Å². The number of piperidine rings is 3. The topological polar surface area (TPSA) is 32.3 Å². The van der Waals surface area contributed by atoms with Gasteiger partial charge in [-0.3, -0.25) is 4.79 Å². The number of nitrogens with zero attached hydrogens (tertiary/aromatic N) is 1. The number of rotatable bonds is 3. The maximum atomic E-state index is 12.6. The van der Waals surface area contributed by atoms with Crippen molar-refractivity contribution in [2.45, 2.75) is 25.8 Å². The van der Waals surface area contributed by atoms with Gasteiger partial charge in [0, 0.05) is 17.5 Å². The third kappa shape index (κ3) is 2.93. The van der Waals surface area contributed by atoms with Crippen molar-refractivity contribution in [3.8, 4) is 10.4 Å². The molecule has 1 aromatic carbocycles. The summed E-state index contributed by atoms with van der Waals surface area (Å²) in [6, 6.07) is 12.7. The third-order valence-electron chi connectivity index (χ3n) is 5.21. The van der Waals surface area contributed by atoms with Crippen LogP contribution >= 0.6 is 11.3 Å². The van der Waals surface area contributed by atoms with Gasteiger partial charge in [0.05, 0.1) is 4.88 Å². The molecule has 4 heteroatoms. The molecule has 0 saturated carbocycles. The molecular formula is C19H22N2OS. The number of benzene rings is 1. The highest BCUT2D eigenvalue weighted by molar-refractivity contribution is 7.17. The number of nitrogens with one attached hydrogen (secondary N) is 1. The van der Waals surface area contributed by atoms with Crippen LogP contribution in [-0.4, -0.2) is 36.5 Å². The molecule has 0 radical (unpaired) electrons. The van der Waals surface area contributed by atoms with Crippen LogP contribution in [0.5, 0.6) is 0 Å². The van der Waals surface area contributed by atoms with Crippen molar-refractivity contribution in [2.24, 2.45) is 5.92 Å². The smallest absolute Gasteiger partial charge is 0.261 e. The number of thiophene rings is 1. The molecule has 1 aromatic heterocycles. The monoisotopic (exact) mass is 326 g/mol. The van der Waals surface area contributed by atoms with Crippen molar-refractivity contribution in [2.75, 3.05) is 19.6 Å². The second kappa shape index (κ2) is 6.10. The normalized spacial score (nSPS) is 26.2. The molecule has 1 atom stereocenters. The van der Waals surface area contributed by atoms with E-state index in [-0.39, 0.29) is 5.91 Å². The molecule has 1 N–H and O–H groups in total. The molecule has 3 aliphatic rings. The lowest BCUT2D eigenvalue weighted by Crippen LogP contribution is -2.57. The first-order valence-corrected chi connectivity index (χ1v) is 9.21. The van der Waals surface area contributed by atoms with E-state index >= 15 is 0 Å². The highest BCUT2D eigenvalue weighted by Gasteiger charge is 2.35. The molecule has 2 bridgehead atoms. The summed E-state index contributed by atoms with van der Waals surface area (Å²) in [5.74, 6) is 0.758. The van der Waals surface area contributed by atoms with Crippen molar-refractivity contribution in [3.05, 3.63) is 46.8 Å². The van der Waals surface area contributed by atoms with Gasteiger partial charge in [0.25, 0.3) is 5.91 Å². The minimum atomic E-state index is 0.0913. The molecule has 23 heavy (non-hydrogen) atoms. The standard InChI is InChI=1S/C19H22N2OS/c1-13-4-2-3-5-15(13)17-6-7-18(23-17)19(22)20-16-12-21-10-8-14(16)9-11-21/h2-7,14,16H,8-12H2,1H3,(H,20,22). The average Bonchev–Trinajstić information content (AvgIpc) is 3.06. The summed E-state index contributed by atoms with van der Waals surface area (Å²) in [6.07, 6.45) is 2.45. The molecule has 1 unspecified atom stereocenters. The van der Waals surface area contributed by atoms with Crippen molar-refractivity contribution in [3.63, 3.8) is 0 Å². The van der Waals surface area contributed by atoms with E-state index in [4.69, 9.17) is 0 Å². The van der Waals surface area contributed by atoms with E-state index in [0.29, 0.717) is 12.0 Å². The van der Waals surface area contributed by atoms with Crippen LogP contribution in [0.3, 0.4) is 0 Å². The van der Waals surface area contributed by atoms with E-state index in [9.17, 15) is 4.79 Å². The van der Waals surface area contributed by atoms with Gasteiger partial charge >= 0.3 is 0 Å². The Morgan fingerprint density at radius 2 is 1.96 bits per heavy atom. The Bertz CT molecular complexity index is 716. The number of carbonyl (C=O) groups is 1. The van der Waals surface area contributed by atoms with Crippen molar-refractivity contribution in [1.82, 2.24) is 10.2 Å². The maximum absolute atomic E-state index is 12.6. The number of fused-ring (bicyclic) bond motifs is 3. The van der Waals surface area contributed by atoms with E-state index < -0.39 is 0 Å². The Kier molecular flexibility index (Phi) is 3.95. The number of carbonyl (C=O) groups excluding carboxylic acids is 1. The summed E-state index contributed by atoms with van der Waals surface area (Å²) in [4.78, 5) is 17.1. The Labute approximate surface area is 141 Å².